The minimum absolute atomic E-state index is 0.233. The van der Waals surface area contributed by atoms with Gasteiger partial charge < -0.3 is 4.74 Å². The van der Waals surface area contributed by atoms with Crippen LogP contribution in [0.1, 0.15) is 44.7 Å². The molecule has 138 valence electrons. The normalized spacial score (nSPS) is 20.5. The first-order valence-electron chi connectivity index (χ1n) is 9.85. The number of benzene rings is 1. The van der Waals surface area contributed by atoms with Gasteiger partial charge in [-0.15, -0.1) is 0 Å². The summed E-state index contributed by atoms with van der Waals surface area (Å²) in [5.74, 6) is 0. The fourth-order valence-electron chi connectivity index (χ4n) is 3.70. The van der Waals surface area contributed by atoms with E-state index >= 15 is 0 Å². The minimum atomic E-state index is 0.233. The lowest BCUT2D eigenvalue weighted by molar-refractivity contribution is 0.0362. The summed E-state index contributed by atoms with van der Waals surface area (Å²) in [5, 5.41) is 0. The molecular weight excluding hydrogens is 308 g/mol. The molecule has 3 nitrogen and oxygen atoms in total. The van der Waals surface area contributed by atoms with Crippen LogP contribution in [0.2, 0.25) is 0 Å². The first kappa shape index (κ1) is 18.6. The molecule has 1 fully saturated rings. The SMILES string of the molecule is CC(C)(C)c1ccc(C2=CCN(CCCN3CCOCC3)CC2)cc1. The van der Waals surface area contributed by atoms with Crippen molar-refractivity contribution in [2.24, 2.45) is 0 Å². The maximum Gasteiger partial charge on any atom is 0.0594 e. The van der Waals surface area contributed by atoms with Gasteiger partial charge in [-0.05, 0) is 48.0 Å². The smallest absolute Gasteiger partial charge is 0.0594 e. The molecular formula is C22H34N2O. The van der Waals surface area contributed by atoms with Gasteiger partial charge in [-0.1, -0.05) is 51.1 Å². The third kappa shape index (κ3) is 5.40. The van der Waals surface area contributed by atoms with Crippen LogP contribution in [0, 0.1) is 0 Å². The summed E-state index contributed by atoms with van der Waals surface area (Å²) in [6.07, 6.45) is 4.88. The summed E-state index contributed by atoms with van der Waals surface area (Å²) in [6.45, 7) is 15.6. The van der Waals surface area contributed by atoms with E-state index in [0.717, 1.165) is 32.8 Å². The highest BCUT2D eigenvalue weighted by Gasteiger charge is 2.16. The number of hydrogen-bond acceptors (Lipinski definition) is 3. The van der Waals surface area contributed by atoms with Gasteiger partial charge in [0.25, 0.3) is 0 Å². The zero-order valence-corrected chi connectivity index (χ0v) is 16.3. The molecule has 3 rings (SSSR count). The summed E-state index contributed by atoms with van der Waals surface area (Å²) < 4.78 is 5.42. The monoisotopic (exact) mass is 342 g/mol. The summed E-state index contributed by atoms with van der Waals surface area (Å²) >= 11 is 0. The molecule has 2 heterocycles. The highest BCUT2D eigenvalue weighted by molar-refractivity contribution is 5.66. The molecule has 0 N–H and O–H groups in total. The van der Waals surface area contributed by atoms with Crippen molar-refractivity contribution >= 4 is 5.57 Å². The maximum absolute atomic E-state index is 5.42. The summed E-state index contributed by atoms with van der Waals surface area (Å²) in [6, 6.07) is 9.21. The van der Waals surface area contributed by atoms with E-state index in [4.69, 9.17) is 4.74 Å². The standard InChI is InChI=1S/C22H34N2O/c1-22(2,3)21-7-5-19(6-8-21)20-9-13-23(14-10-20)11-4-12-24-15-17-25-18-16-24/h5-9H,4,10-18H2,1-3H3. The van der Waals surface area contributed by atoms with Gasteiger partial charge in [0.15, 0.2) is 0 Å². The second-order valence-corrected chi connectivity index (χ2v) is 8.41. The predicted octanol–water partition coefficient (Wildman–Crippen LogP) is 3.80. The van der Waals surface area contributed by atoms with E-state index in [1.807, 2.05) is 0 Å². The van der Waals surface area contributed by atoms with Gasteiger partial charge in [0.05, 0.1) is 13.2 Å². The van der Waals surface area contributed by atoms with Crippen LogP contribution in [0.4, 0.5) is 0 Å². The lowest BCUT2D eigenvalue weighted by Gasteiger charge is -2.29. The average molecular weight is 343 g/mol. The molecule has 25 heavy (non-hydrogen) atoms. The zero-order valence-electron chi connectivity index (χ0n) is 16.3. The number of morpholine rings is 1. The Morgan fingerprint density at radius 2 is 1.60 bits per heavy atom. The molecule has 2 aliphatic rings. The largest absolute Gasteiger partial charge is 0.379 e. The van der Waals surface area contributed by atoms with Gasteiger partial charge in [-0.2, -0.15) is 0 Å². The molecule has 1 saturated heterocycles. The van der Waals surface area contributed by atoms with Crippen LogP contribution >= 0.6 is 0 Å². The molecule has 1 aromatic rings. The van der Waals surface area contributed by atoms with Gasteiger partial charge in [0, 0.05) is 26.2 Å². The fourth-order valence-corrected chi connectivity index (χ4v) is 3.70. The summed E-state index contributed by atoms with van der Waals surface area (Å²) in [4.78, 5) is 5.12. The van der Waals surface area contributed by atoms with E-state index in [2.05, 4.69) is 60.9 Å². The molecule has 0 aliphatic carbocycles. The first-order valence-corrected chi connectivity index (χ1v) is 9.85. The van der Waals surface area contributed by atoms with Crippen LogP contribution in [0.15, 0.2) is 30.3 Å². The summed E-state index contributed by atoms with van der Waals surface area (Å²) in [7, 11) is 0. The fraction of sp³-hybridized carbons (Fsp3) is 0.636. The van der Waals surface area contributed by atoms with E-state index in [1.165, 1.54) is 49.2 Å². The molecule has 0 saturated carbocycles. The lowest BCUT2D eigenvalue weighted by Crippen LogP contribution is -2.38. The van der Waals surface area contributed by atoms with Gasteiger partial charge in [-0.3, -0.25) is 9.80 Å². The molecule has 0 unspecified atom stereocenters. The zero-order chi connectivity index (χ0) is 17.7. The van der Waals surface area contributed by atoms with Gasteiger partial charge in [-0.25, -0.2) is 0 Å². The number of ether oxygens (including phenoxy) is 1. The Balaban J connectivity index is 1.45. The molecule has 3 heteroatoms. The van der Waals surface area contributed by atoms with Crippen LogP contribution in [0.5, 0.6) is 0 Å². The van der Waals surface area contributed by atoms with E-state index in [0.29, 0.717) is 0 Å². The molecule has 2 aliphatic heterocycles. The van der Waals surface area contributed by atoms with E-state index in [9.17, 15) is 0 Å². The average Bonchev–Trinajstić information content (AvgIpc) is 2.63. The van der Waals surface area contributed by atoms with Crippen LogP contribution in [-0.4, -0.2) is 62.3 Å². The number of hydrogen-bond donors (Lipinski definition) is 0. The molecule has 1 aromatic carbocycles. The third-order valence-corrected chi connectivity index (χ3v) is 5.47. The van der Waals surface area contributed by atoms with E-state index in [-0.39, 0.29) is 5.41 Å². The predicted molar refractivity (Wildman–Crippen MR) is 106 cm³/mol. The Bertz CT molecular complexity index is 565. The Labute approximate surface area is 153 Å². The van der Waals surface area contributed by atoms with Crippen molar-refractivity contribution in [2.45, 2.75) is 39.0 Å². The van der Waals surface area contributed by atoms with Crippen molar-refractivity contribution in [2.75, 3.05) is 52.5 Å². The van der Waals surface area contributed by atoms with Crippen LogP contribution < -0.4 is 0 Å². The maximum atomic E-state index is 5.42. The second kappa shape index (κ2) is 8.48. The Hall–Kier alpha value is -1.16. The van der Waals surface area contributed by atoms with Crippen LogP contribution in [0.3, 0.4) is 0 Å². The van der Waals surface area contributed by atoms with Gasteiger partial charge in [0.1, 0.15) is 0 Å². The first-order chi connectivity index (χ1) is 12.0. The molecule has 0 spiro atoms. The van der Waals surface area contributed by atoms with E-state index in [1.54, 1.807) is 0 Å². The van der Waals surface area contributed by atoms with Crippen molar-refractivity contribution in [1.29, 1.82) is 0 Å². The Morgan fingerprint density at radius 3 is 2.20 bits per heavy atom. The van der Waals surface area contributed by atoms with Crippen molar-refractivity contribution in [3.8, 4) is 0 Å². The second-order valence-electron chi connectivity index (χ2n) is 8.41. The van der Waals surface area contributed by atoms with Crippen LogP contribution in [-0.2, 0) is 10.2 Å². The van der Waals surface area contributed by atoms with Crippen molar-refractivity contribution < 1.29 is 4.74 Å². The topological polar surface area (TPSA) is 15.7 Å². The van der Waals surface area contributed by atoms with Crippen molar-refractivity contribution in [3.05, 3.63) is 41.5 Å². The molecule has 0 radical (unpaired) electrons. The minimum Gasteiger partial charge on any atom is -0.379 e. The lowest BCUT2D eigenvalue weighted by atomic mass is 9.86. The van der Waals surface area contributed by atoms with Gasteiger partial charge >= 0.3 is 0 Å². The molecule has 0 aromatic heterocycles. The van der Waals surface area contributed by atoms with Crippen LogP contribution in [0.25, 0.3) is 5.57 Å². The Morgan fingerprint density at radius 1 is 0.920 bits per heavy atom. The van der Waals surface area contributed by atoms with E-state index < -0.39 is 0 Å². The number of nitrogens with zero attached hydrogens (tertiary/aromatic N) is 2. The van der Waals surface area contributed by atoms with Gasteiger partial charge in [0.2, 0.25) is 0 Å². The molecule has 0 atom stereocenters. The van der Waals surface area contributed by atoms with Crippen molar-refractivity contribution in [3.63, 3.8) is 0 Å². The summed E-state index contributed by atoms with van der Waals surface area (Å²) in [5.41, 5.74) is 4.57. The molecule has 0 bridgehead atoms. The highest BCUT2D eigenvalue weighted by atomic mass is 16.5. The quantitative estimate of drug-likeness (QED) is 0.809. The van der Waals surface area contributed by atoms with Crippen molar-refractivity contribution in [1.82, 2.24) is 9.80 Å². The third-order valence-electron chi connectivity index (χ3n) is 5.47. The molecule has 0 amide bonds. The highest BCUT2D eigenvalue weighted by Crippen LogP contribution is 2.27. The Kier molecular flexibility index (Phi) is 6.32. The number of rotatable bonds is 5.